The van der Waals surface area contributed by atoms with Gasteiger partial charge in [-0.05, 0) is 47.5 Å². The Kier molecular flexibility index (Phi) is 5.27. The van der Waals surface area contributed by atoms with Gasteiger partial charge in [-0.1, -0.05) is 25.1 Å². The molecule has 0 aliphatic carbocycles. The van der Waals surface area contributed by atoms with Crippen LogP contribution in [0.1, 0.15) is 41.0 Å². The summed E-state index contributed by atoms with van der Waals surface area (Å²) < 4.78 is 2.18. The summed E-state index contributed by atoms with van der Waals surface area (Å²) >= 11 is 3.42. The van der Waals surface area contributed by atoms with Crippen molar-refractivity contribution in [3.05, 3.63) is 63.9 Å². The molecule has 7 heteroatoms. The first-order chi connectivity index (χ1) is 12.6. The summed E-state index contributed by atoms with van der Waals surface area (Å²) in [6.07, 6.45) is 7.90. The van der Waals surface area contributed by atoms with Crippen LogP contribution in [0.15, 0.2) is 57.8 Å². The Morgan fingerprint density at radius 1 is 1.23 bits per heavy atom. The fourth-order valence-electron chi connectivity index (χ4n) is 2.54. The van der Waals surface area contributed by atoms with E-state index in [0.29, 0.717) is 22.2 Å². The minimum absolute atomic E-state index is 0.271. The maximum absolute atomic E-state index is 12.6. The van der Waals surface area contributed by atoms with E-state index in [1.165, 1.54) is 0 Å². The number of carbonyl (C=O) groups excluding carboxylic acids is 2. The molecule has 0 saturated carbocycles. The van der Waals surface area contributed by atoms with Gasteiger partial charge in [0.15, 0.2) is 5.82 Å². The van der Waals surface area contributed by atoms with E-state index in [9.17, 15) is 9.59 Å². The number of amides is 2. The molecule has 6 nitrogen and oxygen atoms in total. The average molecular weight is 413 g/mol. The summed E-state index contributed by atoms with van der Waals surface area (Å²) in [6.45, 7) is 3.90. The molecule has 0 atom stereocenters. The third kappa shape index (κ3) is 3.30. The van der Waals surface area contributed by atoms with Crippen LogP contribution in [-0.2, 0) is 0 Å². The zero-order chi connectivity index (χ0) is 18.7. The van der Waals surface area contributed by atoms with Crippen LogP contribution in [0, 0.1) is 0 Å². The van der Waals surface area contributed by atoms with Crippen LogP contribution in [0.25, 0.3) is 6.20 Å². The number of carbonyl (C=O) groups is 2. The molecule has 2 heterocycles. The first-order valence-corrected chi connectivity index (χ1v) is 8.95. The molecule has 0 bridgehead atoms. The number of aliphatic imine (C=N–C) groups is 1. The number of halogens is 1. The van der Waals surface area contributed by atoms with Crippen molar-refractivity contribution in [3.63, 3.8) is 0 Å². The maximum atomic E-state index is 12.6. The van der Waals surface area contributed by atoms with Crippen LogP contribution in [-0.4, -0.2) is 27.8 Å². The standard InChI is InChI=1S/C19H17BrN4O2/c1-3-5-10-21-13(4-2)12-23-16(20)11-17(22-23)24-18(25)14-8-6-7-9-15(14)19(24)26/h3,5-12H,4H2,1-2H3/b5-3-,13-12-,21-10+. The number of anilines is 1. The van der Waals surface area contributed by atoms with Gasteiger partial charge in [-0.2, -0.15) is 0 Å². The van der Waals surface area contributed by atoms with Gasteiger partial charge in [0.05, 0.1) is 23.0 Å². The monoisotopic (exact) mass is 412 g/mol. The summed E-state index contributed by atoms with van der Waals surface area (Å²) in [5.41, 5.74) is 1.59. The topological polar surface area (TPSA) is 67.6 Å². The molecule has 2 aromatic rings. The molecule has 0 fully saturated rings. The van der Waals surface area contributed by atoms with Crippen molar-refractivity contribution in [2.24, 2.45) is 4.99 Å². The van der Waals surface area contributed by atoms with E-state index in [1.807, 2.05) is 26.0 Å². The van der Waals surface area contributed by atoms with Gasteiger partial charge in [0.25, 0.3) is 11.8 Å². The van der Waals surface area contributed by atoms with Crippen molar-refractivity contribution in [3.8, 4) is 0 Å². The second kappa shape index (κ2) is 7.61. The zero-order valence-electron chi connectivity index (χ0n) is 14.4. The lowest BCUT2D eigenvalue weighted by Crippen LogP contribution is -2.29. The van der Waals surface area contributed by atoms with Gasteiger partial charge in [-0.25, -0.2) is 9.58 Å². The summed E-state index contributed by atoms with van der Waals surface area (Å²) in [4.78, 5) is 30.6. The predicted octanol–water partition coefficient (Wildman–Crippen LogP) is 4.30. The Morgan fingerprint density at radius 2 is 1.88 bits per heavy atom. The minimum Gasteiger partial charge on any atom is -0.268 e. The lowest BCUT2D eigenvalue weighted by Gasteiger charge is -2.09. The lowest BCUT2D eigenvalue weighted by atomic mass is 10.1. The maximum Gasteiger partial charge on any atom is 0.267 e. The number of allylic oxidation sites excluding steroid dienone is 3. The highest BCUT2D eigenvalue weighted by atomic mass is 79.9. The number of rotatable bonds is 5. The number of fused-ring (bicyclic) bond motifs is 1. The van der Waals surface area contributed by atoms with E-state index in [2.05, 4.69) is 26.0 Å². The van der Waals surface area contributed by atoms with Crippen LogP contribution in [0.2, 0.25) is 0 Å². The molecule has 2 amide bonds. The zero-order valence-corrected chi connectivity index (χ0v) is 16.0. The smallest absolute Gasteiger partial charge is 0.267 e. The van der Waals surface area contributed by atoms with Gasteiger partial charge in [0, 0.05) is 12.3 Å². The number of nitrogens with zero attached hydrogens (tertiary/aromatic N) is 4. The van der Waals surface area contributed by atoms with Crippen LogP contribution in [0.3, 0.4) is 0 Å². The quantitative estimate of drug-likeness (QED) is 0.542. The van der Waals surface area contributed by atoms with Crippen molar-refractivity contribution >= 4 is 46.0 Å². The summed E-state index contributed by atoms with van der Waals surface area (Å²) in [5.74, 6) is -0.464. The Hall–Kier alpha value is -2.80. The third-order valence-corrected chi connectivity index (χ3v) is 4.45. The van der Waals surface area contributed by atoms with Gasteiger partial charge in [-0.3, -0.25) is 14.6 Å². The molecular formula is C19H17BrN4O2. The molecule has 1 aliphatic heterocycles. The van der Waals surface area contributed by atoms with Gasteiger partial charge >= 0.3 is 0 Å². The third-order valence-electron chi connectivity index (χ3n) is 3.85. The molecule has 26 heavy (non-hydrogen) atoms. The van der Waals surface area contributed by atoms with E-state index in [4.69, 9.17) is 0 Å². The molecule has 1 aromatic heterocycles. The van der Waals surface area contributed by atoms with Crippen molar-refractivity contribution in [2.45, 2.75) is 20.3 Å². The van der Waals surface area contributed by atoms with Crippen LogP contribution in [0.4, 0.5) is 5.82 Å². The molecule has 1 aromatic carbocycles. The van der Waals surface area contributed by atoms with E-state index in [0.717, 1.165) is 10.6 Å². The van der Waals surface area contributed by atoms with Crippen molar-refractivity contribution < 1.29 is 9.59 Å². The van der Waals surface area contributed by atoms with Gasteiger partial charge in [0.2, 0.25) is 0 Å². The lowest BCUT2D eigenvalue weighted by molar-refractivity contribution is 0.0925. The average Bonchev–Trinajstić information content (AvgIpc) is 3.12. The molecule has 0 saturated heterocycles. The number of hydrogen-bond acceptors (Lipinski definition) is 4. The van der Waals surface area contributed by atoms with E-state index < -0.39 is 0 Å². The van der Waals surface area contributed by atoms with Gasteiger partial charge in [-0.15, -0.1) is 5.10 Å². The van der Waals surface area contributed by atoms with Crippen molar-refractivity contribution in [2.75, 3.05) is 4.90 Å². The second-order valence-electron chi connectivity index (χ2n) is 5.54. The van der Waals surface area contributed by atoms with E-state index in [-0.39, 0.29) is 17.6 Å². The summed E-state index contributed by atoms with van der Waals surface area (Å²) in [7, 11) is 0. The van der Waals surface area contributed by atoms with Crippen molar-refractivity contribution in [1.29, 1.82) is 0 Å². The minimum atomic E-state index is -0.367. The molecule has 0 radical (unpaired) electrons. The Bertz CT molecular complexity index is 921. The molecule has 0 spiro atoms. The number of aromatic nitrogens is 2. The van der Waals surface area contributed by atoms with Crippen LogP contribution >= 0.6 is 15.9 Å². The Morgan fingerprint density at radius 3 is 2.46 bits per heavy atom. The molecule has 0 unspecified atom stereocenters. The first kappa shape index (κ1) is 18.0. The molecule has 3 rings (SSSR count). The number of imide groups is 1. The normalized spacial score (nSPS) is 14.9. The molecule has 1 aliphatic rings. The molecular weight excluding hydrogens is 396 g/mol. The number of hydrogen-bond donors (Lipinski definition) is 0. The van der Waals surface area contributed by atoms with Gasteiger partial charge in [0.1, 0.15) is 4.60 Å². The largest absolute Gasteiger partial charge is 0.268 e. The molecule has 132 valence electrons. The first-order valence-electron chi connectivity index (χ1n) is 8.15. The van der Waals surface area contributed by atoms with Crippen LogP contribution < -0.4 is 4.90 Å². The fraction of sp³-hybridized carbons (Fsp3) is 0.158. The molecule has 0 N–H and O–H groups in total. The highest BCUT2D eigenvalue weighted by molar-refractivity contribution is 9.10. The summed E-state index contributed by atoms with van der Waals surface area (Å²) in [5, 5.41) is 4.38. The highest BCUT2D eigenvalue weighted by Crippen LogP contribution is 2.29. The predicted molar refractivity (Wildman–Crippen MR) is 105 cm³/mol. The van der Waals surface area contributed by atoms with E-state index >= 15 is 0 Å². The number of benzene rings is 1. The second-order valence-corrected chi connectivity index (χ2v) is 6.35. The summed E-state index contributed by atoms with van der Waals surface area (Å²) in [6, 6.07) is 8.41. The van der Waals surface area contributed by atoms with Crippen LogP contribution in [0.5, 0.6) is 0 Å². The Labute approximate surface area is 159 Å². The van der Waals surface area contributed by atoms with E-state index in [1.54, 1.807) is 47.4 Å². The highest BCUT2D eigenvalue weighted by Gasteiger charge is 2.37. The Balaban J connectivity index is 1.94. The van der Waals surface area contributed by atoms with Gasteiger partial charge < -0.3 is 0 Å². The SMILES string of the molecule is C\C=C/C=N/C(=C\n1nc(N2C(=O)c3ccccc3C2=O)cc1Br)CC. The fourth-order valence-corrected chi connectivity index (χ4v) is 2.93. The van der Waals surface area contributed by atoms with Crippen molar-refractivity contribution in [1.82, 2.24) is 9.78 Å².